The van der Waals surface area contributed by atoms with Crippen LogP contribution >= 0.6 is 0 Å². The number of ketones is 1. The summed E-state index contributed by atoms with van der Waals surface area (Å²) in [5, 5.41) is 0.719. The largest absolute Gasteiger partial charge is 0.453 e. The minimum atomic E-state index is -4.58. The molecule has 0 N–H and O–H groups in total. The van der Waals surface area contributed by atoms with Gasteiger partial charge in [0.2, 0.25) is 0 Å². The number of alkyl halides is 6. The molecule has 7 aromatic carbocycles. The molecule has 11 rings (SSSR count). The van der Waals surface area contributed by atoms with Crippen LogP contribution in [0.1, 0.15) is 95.2 Å². The van der Waals surface area contributed by atoms with Gasteiger partial charge in [0, 0.05) is 33.6 Å². The molecule has 334 valence electrons. The fraction of sp³-hybridized carbons (Fsp3) is 0.143. The van der Waals surface area contributed by atoms with Crippen LogP contribution < -0.4 is 0 Å². The second kappa shape index (κ2) is 17.5. The van der Waals surface area contributed by atoms with Crippen molar-refractivity contribution in [3.05, 3.63) is 225 Å². The lowest BCUT2D eigenvalue weighted by Gasteiger charge is -2.26. The van der Waals surface area contributed by atoms with Gasteiger partial charge in [-0.05, 0) is 98.8 Å². The van der Waals surface area contributed by atoms with Gasteiger partial charge in [-0.2, -0.15) is 26.3 Å². The third kappa shape index (κ3) is 8.19. The van der Waals surface area contributed by atoms with Crippen LogP contribution in [0.5, 0.6) is 0 Å². The van der Waals surface area contributed by atoms with Gasteiger partial charge in [-0.15, -0.1) is 0 Å². The van der Waals surface area contributed by atoms with Crippen molar-refractivity contribution < 1.29 is 49.8 Å². The Morgan fingerprint density at radius 2 is 1.19 bits per heavy atom. The molecular weight excluding hydrogens is 867 g/mol. The number of halogens is 6. The zero-order chi connectivity index (χ0) is 46.5. The van der Waals surface area contributed by atoms with Crippen molar-refractivity contribution in [1.29, 1.82) is 0 Å². The molecule has 0 radical (unpaired) electrons. The van der Waals surface area contributed by atoms with Crippen LogP contribution in [-0.2, 0) is 28.2 Å². The Bertz CT molecular complexity index is 3230. The highest BCUT2D eigenvalue weighted by Gasteiger charge is 2.39. The lowest BCUT2D eigenvalue weighted by atomic mass is 9.77. The smallest absolute Gasteiger partial charge is 0.417 e. The van der Waals surface area contributed by atoms with Gasteiger partial charge in [-0.25, -0.2) is 0 Å². The number of carbonyl (C=O) groups is 2. The molecule has 8 aromatic rings. The molecule has 0 amide bonds. The molecular formula is C56H38F6O5. The summed E-state index contributed by atoms with van der Waals surface area (Å²) in [6, 6.07) is 44.1. The van der Waals surface area contributed by atoms with Gasteiger partial charge in [0.05, 0.1) is 24.3 Å². The number of benzene rings is 7. The second-order valence-electron chi connectivity index (χ2n) is 16.5. The molecule has 1 unspecified atom stereocenters. The summed E-state index contributed by atoms with van der Waals surface area (Å²) in [5.74, 6) is -0.484. The van der Waals surface area contributed by atoms with E-state index in [2.05, 4.69) is 0 Å². The molecule has 67 heavy (non-hydrogen) atoms. The molecule has 11 heteroatoms. The molecule has 3 aliphatic rings. The molecule has 0 spiro atoms. The summed E-state index contributed by atoms with van der Waals surface area (Å²) < 4.78 is 101. The normalized spacial score (nSPS) is 15.8. The van der Waals surface area contributed by atoms with Crippen LogP contribution in [0.3, 0.4) is 0 Å². The van der Waals surface area contributed by atoms with E-state index in [1.165, 1.54) is 24.3 Å². The fourth-order valence-electron chi connectivity index (χ4n) is 9.54. The van der Waals surface area contributed by atoms with Gasteiger partial charge >= 0.3 is 12.4 Å². The second-order valence-corrected chi connectivity index (χ2v) is 16.5. The van der Waals surface area contributed by atoms with E-state index < -0.39 is 35.7 Å². The first-order valence-electron chi connectivity index (χ1n) is 21.6. The number of aldehydes is 1. The number of allylic oxidation sites excluding steroid dienone is 1. The molecule has 1 atom stereocenters. The average molecular weight is 905 g/mol. The molecule has 1 fully saturated rings. The first kappa shape index (κ1) is 43.5. The van der Waals surface area contributed by atoms with Crippen molar-refractivity contribution in [2.45, 2.75) is 37.4 Å². The maximum atomic E-state index is 14.2. The Hall–Kier alpha value is -7.34. The first-order valence-corrected chi connectivity index (χ1v) is 21.6. The van der Waals surface area contributed by atoms with E-state index in [1.54, 1.807) is 42.5 Å². The Kier molecular flexibility index (Phi) is 11.4. The minimum Gasteiger partial charge on any atom is -0.453 e. The molecule has 2 heterocycles. The van der Waals surface area contributed by atoms with Gasteiger partial charge in [0.1, 0.15) is 5.58 Å². The number of carbonyl (C=O) groups excluding carboxylic acids is 2. The predicted molar refractivity (Wildman–Crippen MR) is 243 cm³/mol. The molecule has 0 bridgehead atoms. The molecule has 1 aromatic heterocycles. The SMILES string of the molecule is O=C1c2ccccc2Cc2ccc(-c3ccc(C4OCCCO4)cc3)c(-c3ccccc3C(F)(F)F)c21.O=Cc1cc2c(C3C(c4ccccc4C(F)(F)F)=Cc4ccccc43)cccc2o1. The van der Waals surface area contributed by atoms with Crippen LogP contribution in [0, 0.1) is 0 Å². The summed E-state index contributed by atoms with van der Waals surface area (Å²) in [6.07, 6.45) is -5.74. The van der Waals surface area contributed by atoms with Crippen LogP contribution in [0.25, 0.3) is 44.9 Å². The summed E-state index contributed by atoms with van der Waals surface area (Å²) in [5.41, 5.74) is 7.31. The molecule has 0 saturated carbocycles. The van der Waals surface area contributed by atoms with Crippen molar-refractivity contribution in [2.24, 2.45) is 0 Å². The first-order chi connectivity index (χ1) is 32.4. The zero-order valence-corrected chi connectivity index (χ0v) is 35.5. The van der Waals surface area contributed by atoms with Gasteiger partial charge < -0.3 is 13.9 Å². The molecule has 5 nitrogen and oxygen atoms in total. The molecule has 2 aliphatic carbocycles. The van der Waals surface area contributed by atoms with E-state index in [0.29, 0.717) is 64.9 Å². The monoisotopic (exact) mass is 904 g/mol. The molecule has 1 saturated heterocycles. The van der Waals surface area contributed by atoms with E-state index in [-0.39, 0.29) is 22.7 Å². The van der Waals surface area contributed by atoms with E-state index in [1.807, 2.05) is 84.9 Å². The van der Waals surface area contributed by atoms with Crippen molar-refractivity contribution in [2.75, 3.05) is 13.2 Å². The van der Waals surface area contributed by atoms with Crippen molar-refractivity contribution in [3.8, 4) is 22.3 Å². The summed E-state index contributed by atoms with van der Waals surface area (Å²) in [7, 11) is 0. The quantitative estimate of drug-likeness (QED) is 0.123. The van der Waals surface area contributed by atoms with Crippen molar-refractivity contribution in [3.63, 3.8) is 0 Å². The maximum absolute atomic E-state index is 14.2. The number of ether oxygens (including phenoxy) is 2. The standard InChI is InChI=1S/C31H23F3O3.C25H15F3O2/c32-31(33,34)26-9-4-3-8-25(26)28-23(19-10-12-20(13-11-19)30-36-16-5-17-37-30)15-14-22-18-21-6-1-2-7-24(21)29(35)27(22)28;26-25(27,28)22-10-4-3-8-18(22)21-12-15-6-1-2-7-17(15)24(21)19-9-5-11-23-20(19)13-16(14-29)30-23/h1-4,6-15,30H,5,16-18H2;1-14,24H. The summed E-state index contributed by atoms with van der Waals surface area (Å²) in [6.45, 7) is 1.22. The summed E-state index contributed by atoms with van der Waals surface area (Å²) in [4.78, 5) is 25.0. The lowest BCUT2D eigenvalue weighted by molar-refractivity contribution is -0.183. The number of rotatable bonds is 6. The third-order valence-electron chi connectivity index (χ3n) is 12.5. The molecule has 1 aliphatic heterocycles. The number of hydrogen-bond acceptors (Lipinski definition) is 5. The fourth-order valence-corrected chi connectivity index (χ4v) is 9.54. The van der Waals surface area contributed by atoms with Gasteiger partial charge in [-0.3, -0.25) is 9.59 Å². The van der Waals surface area contributed by atoms with Crippen LogP contribution in [-0.4, -0.2) is 25.3 Å². The number of fused-ring (bicyclic) bond motifs is 4. The van der Waals surface area contributed by atoms with Crippen LogP contribution in [0.2, 0.25) is 0 Å². The predicted octanol–water partition coefficient (Wildman–Crippen LogP) is 14.6. The lowest BCUT2D eigenvalue weighted by Crippen LogP contribution is -2.18. The van der Waals surface area contributed by atoms with E-state index in [0.717, 1.165) is 57.3 Å². The van der Waals surface area contributed by atoms with Crippen LogP contribution in [0.15, 0.2) is 162 Å². The van der Waals surface area contributed by atoms with Crippen molar-refractivity contribution >= 4 is 34.7 Å². The van der Waals surface area contributed by atoms with E-state index in [4.69, 9.17) is 13.9 Å². The Morgan fingerprint density at radius 1 is 0.567 bits per heavy atom. The minimum absolute atomic E-state index is 0.00222. The number of hydrogen-bond donors (Lipinski definition) is 0. The topological polar surface area (TPSA) is 65.7 Å². The van der Waals surface area contributed by atoms with E-state index in [9.17, 15) is 35.9 Å². The zero-order valence-electron chi connectivity index (χ0n) is 35.5. The average Bonchev–Trinajstić information content (AvgIpc) is 3.96. The van der Waals surface area contributed by atoms with Gasteiger partial charge in [0.15, 0.2) is 24.1 Å². The Balaban J connectivity index is 0.000000160. The number of furan rings is 1. The van der Waals surface area contributed by atoms with Crippen LogP contribution in [0.4, 0.5) is 26.3 Å². The third-order valence-corrected chi connectivity index (χ3v) is 12.5. The Labute approximate surface area is 380 Å². The highest BCUT2D eigenvalue weighted by molar-refractivity contribution is 6.18. The van der Waals surface area contributed by atoms with Gasteiger partial charge in [-0.1, -0.05) is 133 Å². The summed E-state index contributed by atoms with van der Waals surface area (Å²) >= 11 is 0. The maximum Gasteiger partial charge on any atom is 0.417 e. The highest BCUT2D eigenvalue weighted by Crippen LogP contribution is 2.51. The van der Waals surface area contributed by atoms with Gasteiger partial charge in [0.25, 0.3) is 0 Å². The van der Waals surface area contributed by atoms with E-state index >= 15 is 0 Å². The van der Waals surface area contributed by atoms with Crippen molar-refractivity contribution in [1.82, 2.24) is 0 Å². The Morgan fingerprint density at radius 3 is 1.91 bits per heavy atom. The highest BCUT2D eigenvalue weighted by atomic mass is 19.4.